The highest BCUT2D eigenvalue weighted by Crippen LogP contribution is 2.22. The molecule has 0 nitrogen and oxygen atoms in total. The molecule has 0 heteroatoms. The summed E-state index contributed by atoms with van der Waals surface area (Å²) in [6, 6.07) is 0. The maximum absolute atomic E-state index is 2.42. The van der Waals surface area contributed by atoms with E-state index in [2.05, 4.69) is 26.0 Å². The lowest BCUT2D eigenvalue weighted by Gasteiger charge is -2.12. The Kier molecular flexibility index (Phi) is 4.13. The van der Waals surface area contributed by atoms with Crippen molar-refractivity contribution in [1.82, 2.24) is 0 Å². The normalized spacial score (nSPS) is 17.2. The van der Waals surface area contributed by atoms with Gasteiger partial charge in [0, 0.05) is 0 Å². The van der Waals surface area contributed by atoms with Crippen LogP contribution in [0.2, 0.25) is 0 Å². The minimum absolute atomic E-state index is 1.25. The molecule has 12 heavy (non-hydrogen) atoms. The monoisotopic (exact) mass is 164 g/mol. The summed E-state index contributed by atoms with van der Waals surface area (Å²) in [6.07, 6.45) is 12.7. The van der Waals surface area contributed by atoms with Gasteiger partial charge in [-0.1, -0.05) is 37.5 Å². The average molecular weight is 164 g/mol. The zero-order valence-electron chi connectivity index (χ0n) is 8.40. The minimum Gasteiger partial charge on any atom is -0.0810 e. The summed E-state index contributed by atoms with van der Waals surface area (Å²) in [5, 5.41) is 0. The molecular formula is C12H20. The Hall–Kier alpha value is -0.520. The van der Waals surface area contributed by atoms with Gasteiger partial charge in [-0.05, 0) is 38.2 Å². The maximum Gasteiger partial charge on any atom is -0.0280 e. The Bertz CT molecular complexity index is 184. The van der Waals surface area contributed by atoms with Gasteiger partial charge < -0.3 is 0 Å². The van der Waals surface area contributed by atoms with Crippen molar-refractivity contribution in [3.8, 4) is 0 Å². The quantitative estimate of drug-likeness (QED) is 0.545. The van der Waals surface area contributed by atoms with Crippen molar-refractivity contribution in [2.24, 2.45) is 0 Å². The van der Waals surface area contributed by atoms with Gasteiger partial charge in [0.05, 0.1) is 0 Å². The molecule has 0 aromatic rings. The molecule has 0 fully saturated rings. The second kappa shape index (κ2) is 5.18. The van der Waals surface area contributed by atoms with Crippen LogP contribution in [0, 0.1) is 0 Å². The van der Waals surface area contributed by atoms with Crippen LogP contribution in [0.3, 0.4) is 0 Å². The topological polar surface area (TPSA) is 0 Å². The third kappa shape index (κ3) is 2.84. The summed E-state index contributed by atoms with van der Waals surface area (Å²) in [5.41, 5.74) is 3.13. The molecule has 0 amide bonds. The highest BCUT2D eigenvalue weighted by Gasteiger charge is 2.02. The summed E-state index contributed by atoms with van der Waals surface area (Å²) in [4.78, 5) is 0. The zero-order valence-corrected chi connectivity index (χ0v) is 8.40. The van der Waals surface area contributed by atoms with Crippen LogP contribution in [0.1, 0.15) is 52.4 Å². The third-order valence-corrected chi connectivity index (χ3v) is 2.56. The average Bonchev–Trinajstić information content (AvgIpc) is 2.09. The second-order valence-corrected chi connectivity index (χ2v) is 3.65. The molecule has 1 aliphatic rings. The number of rotatable bonds is 4. The lowest BCUT2D eigenvalue weighted by atomic mass is 9.95. The second-order valence-electron chi connectivity index (χ2n) is 3.65. The summed E-state index contributed by atoms with van der Waals surface area (Å²) in [5.74, 6) is 0. The molecule has 1 rings (SSSR count). The number of allylic oxidation sites excluding steroid dienone is 4. The minimum atomic E-state index is 1.25. The molecule has 68 valence electrons. The molecule has 1 aliphatic carbocycles. The Morgan fingerprint density at radius 3 is 2.58 bits per heavy atom. The van der Waals surface area contributed by atoms with Crippen LogP contribution in [0.15, 0.2) is 23.3 Å². The lowest BCUT2D eigenvalue weighted by Crippen LogP contribution is -1.92. The molecule has 0 saturated carbocycles. The SMILES string of the molecule is CCCCCC1=CCCC=C1C. The third-order valence-electron chi connectivity index (χ3n) is 2.56. The Labute approximate surface area is 76.4 Å². The largest absolute Gasteiger partial charge is 0.0810 e. The van der Waals surface area contributed by atoms with Crippen molar-refractivity contribution in [3.63, 3.8) is 0 Å². The van der Waals surface area contributed by atoms with E-state index in [1.54, 1.807) is 5.57 Å². The Morgan fingerprint density at radius 2 is 1.92 bits per heavy atom. The van der Waals surface area contributed by atoms with E-state index in [-0.39, 0.29) is 0 Å². The Morgan fingerprint density at radius 1 is 1.17 bits per heavy atom. The van der Waals surface area contributed by atoms with Gasteiger partial charge >= 0.3 is 0 Å². The van der Waals surface area contributed by atoms with Gasteiger partial charge in [0.1, 0.15) is 0 Å². The first kappa shape index (κ1) is 9.57. The summed E-state index contributed by atoms with van der Waals surface area (Å²) >= 11 is 0. The van der Waals surface area contributed by atoms with Gasteiger partial charge in [-0.25, -0.2) is 0 Å². The van der Waals surface area contributed by atoms with Gasteiger partial charge in [-0.2, -0.15) is 0 Å². The first-order chi connectivity index (χ1) is 5.84. The molecule has 0 aromatic carbocycles. The summed E-state index contributed by atoms with van der Waals surface area (Å²) < 4.78 is 0. The van der Waals surface area contributed by atoms with E-state index in [9.17, 15) is 0 Å². The highest BCUT2D eigenvalue weighted by atomic mass is 14.1. The molecule has 0 aromatic heterocycles. The first-order valence-electron chi connectivity index (χ1n) is 5.20. The van der Waals surface area contributed by atoms with Crippen LogP contribution >= 0.6 is 0 Å². The van der Waals surface area contributed by atoms with Gasteiger partial charge in [-0.3, -0.25) is 0 Å². The fourth-order valence-electron chi connectivity index (χ4n) is 1.71. The smallest absolute Gasteiger partial charge is 0.0280 e. The van der Waals surface area contributed by atoms with Crippen LogP contribution in [0.4, 0.5) is 0 Å². The van der Waals surface area contributed by atoms with Crippen molar-refractivity contribution in [2.75, 3.05) is 0 Å². The fraction of sp³-hybridized carbons (Fsp3) is 0.667. The molecule has 0 bridgehead atoms. The maximum atomic E-state index is 2.42. The lowest BCUT2D eigenvalue weighted by molar-refractivity contribution is 0.710. The van der Waals surface area contributed by atoms with Crippen LogP contribution in [0.5, 0.6) is 0 Å². The predicted molar refractivity (Wildman–Crippen MR) is 55.2 cm³/mol. The number of unbranched alkanes of at least 4 members (excludes halogenated alkanes) is 2. The van der Waals surface area contributed by atoms with Crippen LogP contribution in [-0.4, -0.2) is 0 Å². The standard InChI is InChI=1S/C12H20/c1-3-4-5-9-12-10-7-6-8-11(12)2/h8,10H,3-7,9H2,1-2H3. The van der Waals surface area contributed by atoms with Crippen molar-refractivity contribution in [3.05, 3.63) is 23.3 Å². The van der Waals surface area contributed by atoms with E-state index in [0.717, 1.165) is 0 Å². The summed E-state index contributed by atoms with van der Waals surface area (Å²) in [7, 11) is 0. The van der Waals surface area contributed by atoms with Crippen molar-refractivity contribution >= 4 is 0 Å². The van der Waals surface area contributed by atoms with Gasteiger partial charge in [0.15, 0.2) is 0 Å². The molecule has 0 saturated heterocycles. The van der Waals surface area contributed by atoms with E-state index in [4.69, 9.17) is 0 Å². The van der Waals surface area contributed by atoms with E-state index in [1.165, 1.54) is 44.1 Å². The molecule has 0 aliphatic heterocycles. The predicted octanol–water partition coefficient (Wildman–Crippen LogP) is 4.23. The van der Waals surface area contributed by atoms with E-state index in [1.807, 2.05) is 0 Å². The zero-order chi connectivity index (χ0) is 8.81. The van der Waals surface area contributed by atoms with E-state index >= 15 is 0 Å². The first-order valence-corrected chi connectivity index (χ1v) is 5.20. The van der Waals surface area contributed by atoms with Crippen LogP contribution in [-0.2, 0) is 0 Å². The molecular weight excluding hydrogens is 144 g/mol. The van der Waals surface area contributed by atoms with Gasteiger partial charge in [0.2, 0.25) is 0 Å². The number of hydrogen-bond acceptors (Lipinski definition) is 0. The van der Waals surface area contributed by atoms with Crippen LogP contribution in [0.25, 0.3) is 0 Å². The summed E-state index contributed by atoms with van der Waals surface area (Å²) in [6.45, 7) is 4.51. The molecule has 0 radical (unpaired) electrons. The highest BCUT2D eigenvalue weighted by molar-refractivity contribution is 5.31. The molecule has 0 unspecified atom stereocenters. The van der Waals surface area contributed by atoms with E-state index < -0.39 is 0 Å². The molecule has 0 heterocycles. The van der Waals surface area contributed by atoms with Crippen molar-refractivity contribution in [1.29, 1.82) is 0 Å². The molecule has 0 spiro atoms. The van der Waals surface area contributed by atoms with E-state index in [0.29, 0.717) is 0 Å². The van der Waals surface area contributed by atoms with Gasteiger partial charge in [0.25, 0.3) is 0 Å². The van der Waals surface area contributed by atoms with Crippen molar-refractivity contribution < 1.29 is 0 Å². The fourth-order valence-corrected chi connectivity index (χ4v) is 1.71. The molecule has 0 N–H and O–H groups in total. The van der Waals surface area contributed by atoms with Crippen LogP contribution < -0.4 is 0 Å². The number of hydrogen-bond donors (Lipinski definition) is 0. The van der Waals surface area contributed by atoms with Gasteiger partial charge in [-0.15, -0.1) is 0 Å². The molecule has 0 atom stereocenters. The Balaban J connectivity index is 2.31. The van der Waals surface area contributed by atoms with Crippen molar-refractivity contribution in [2.45, 2.75) is 52.4 Å².